The van der Waals surface area contributed by atoms with Gasteiger partial charge in [-0.2, -0.15) is 0 Å². The van der Waals surface area contributed by atoms with Gasteiger partial charge in [0.1, 0.15) is 0 Å². The van der Waals surface area contributed by atoms with Gasteiger partial charge in [0.2, 0.25) is 0 Å². The van der Waals surface area contributed by atoms with Crippen LogP contribution in [-0.4, -0.2) is 0 Å². The van der Waals surface area contributed by atoms with Crippen LogP contribution in [0.2, 0.25) is 0 Å². The zero-order chi connectivity index (χ0) is 47.5. The van der Waals surface area contributed by atoms with Crippen LogP contribution in [0.4, 0.5) is 0 Å². The highest BCUT2D eigenvalue weighted by molar-refractivity contribution is 6.31. The van der Waals surface area contributed by atoms with Crippen LogP contribution < -0.4 is 0 Å². The second-order valence-corrected chi connectivity index (χ2v) is 19.1. The molecule has 0 aliphatic carbocycles. The quantitative estimate of drug-likeness (QED) is 0.140. The Balaban J connectivity index is 1.06. The summed E-state index contributed by atoms with van der Waals surface area (Å²) in [5.74, 6) is 0. The molecule has 0 aromatic heterocycles. The van der Waals surface area contributed by atoms with Crippen molar-refractivity contribution in [2.45, 2.75) is 0 Å². The van der Waals surface area contributed by atoms with Gasteiger partial charge in [-0.05, 0) is 167 Å². The molecule has 0 N–H and O–H groups in total. The number of hydrogen-bond donors (Lipinski definition) is 0. The van der Waals surface area contributed by atoms with E-state index in [0.29, 0.717) is 0 Å². The molecule has 0 radical (unpaired) electrons. The molecule has 0 nitrogen and oxygen atoms in total. The maximum atomic E-state index is 2.44. The molecule has 14 aromatic rings. The molecule has 0 unspecified atom stereocenters. The molecule has 0 saturated carbocycles. The standard InChI is InChI=1S/C72H46/c1-3-21-49(22-4-1)57-41-39-55(53-37-35-47-19-7-9-25-51(47)43-53)45-67(57)69-59-27-11-15-31-63(59)71(64-32-16-12-28-60(64)69)72-65-33-17-13-29-61(65)70(62-30-14-18-34-66(62)72)68-46-56(40-42-58(68)50-23-5-2-6-24-50)54-38-36-48-20-8-10-26-52(48)44-54/h1-46H. The lowest BCUT2D eigenvalue weighted by molar-refractivity contribution is 1.59. The molecule has 0 aliphatic heterocycles. The van der Waals surface area contributed by atoms with Gasteiger partial charge in [0.05, 0.1) is 0 Å². The van der Waals surface area contributed by atoms with Gasteiger partial charge < -0.3 is 0 Å². The summed E-state index contributed by atoms with van der Waals surface area (Å²) < 4.78 is 0. The van der Waals surface area contributed by atoms with Crippen molar-refractivity contribution >= 4 is 64.6 Å². The lowest BCUT2D eigenvalue weighted by Crippen LogP contribution is -1.96. The van der Waals surface area contributed by atoms with Crippen molar-refractivity contribution in [3.8, 4) is 77.9 Å². The molecule has 0 aliphatic rings. The zero-order valence-electron chi connectivity index (χ0n) is 39.6. The van der Waals surface area contributed by atoms with Crippen LogP contribution >= 0.6 is 0 Å². The molecular weight excluding hydrogens is 865 g/mol. The van der Waals surface area contributed by atoms with Crippen LogP contribution in [0.3, 0.4) is 0 Å². The van der Waals surface area contributed by atoms with E-state index in [-0.39, 0.29) is 0 Å². The summed E-state index contributed by atoms with van der Waals surface area (Å²) in [5.41, 5.74) is 17.0. The van der Waals surface area contributed by atoms with Gasteiger partial charge in [0.25, 0.3) is 0 Å². The third kappa shape index (κ3) is 6.91. The predicted molar refractivity (Wildman–Crippen MR) is 310 cm³/mol. The summed E-state index contributed by atoms with van der Waals surface area (Å²) >= 11 is 0. The maximum absolute atomic E-state index is 2.44. The van der Waals surface area contributed by atoms with Gasteiger partial charge >= 0.3 is 0 Å². The molecule has 0 amide bonds. The maximum Gasteiger partial charge on any atom is -0.00139 e. The monoisotopic (exact) mass is 910 g/mol. The fraction of sp³-hybridized carbons (Fsp3) is 0. The van der Waals surface area contributed by atoms with E-state index < -0.39 is 0 Å². The zero-order valence-corrected chi connectivity index (χ0v) is 39.6. The van der Waals surface area contributed by atoms with Crippen LogP contribution in [-0.2, 0) is 0 Å². The van der Waals surface area contributed by atoms with Crippen LogP contribution in [0, 0.1) is 0 Å². The Bertz CT molecular complexity index is 4030. The highest BCUT2D eigenvalue weighted by atomic mass is 14.3. The second-order valence-electron chi connectivity index (χ2n) is 19.1. The lowest BCUT2D eigenvalue weighted by atomic mass is 9.79. The molecule has 0 saturated heterocycles. The minimum atomic E-state index is 1.19. The van der Waals surface area contributed by atoms with Gasteiger partial charge in [-0.1, -0.05) is 255 Å². The number of rotatable bonds is 7. The van der Waals surface area contributed by atoms with E-state index >= 15 is 0 Å². The first-order valence-corrected chi connectivity index (χ1v) is 25.0. The fourth-order valence-corrected chi connectivity index (χ4v) is 11.7. The first kappa shape index (κ1) is 41.6. The minimum absolute atomic E-state index is 1.19. The van der Waals surface area contributed by atoms with E-state index in [2.05, 4.69) is 279 Å². The summed E-state index contributed by atoms with van der Waals surface area (Å²) in [6, 6.07) is 103. The van der Waals surface area contributed by atoms with Crippen LogP contribution in [0.5, 0.6) is 0 Å². The van der Waals surface area contributed by atoms with Crippen molar-refractivity contribution in [3.05, 3.63) is 279 Å². The highest BCUT2D eigenvalue weighted by Gasteiger charge is 2.25. The first-order chi connectivity index (χ1) is 35.7. The number of fused-ring (bicyclic) bond motifs is 6. The topological polar surface area (TPSA) is 0 Å². The highest BCUT2D eigenvalue weighted by Crippen LogP contribution is 2.52. The van der Waals surface area contributed by atoms with Gasteiger partial charge in [-0.25, -0.2) is 0 Å². The van der Waals surface area contributed by atoms with Crippen molar-refractivity contribution < 1.29 is 0 Å². The fourth-order valence-electron chi connectivity index (χ4n) is 11.7. The lowest BCUT2D eigenvalue weighted by Gasteiger charge is -2.24. The van der Waals surface area contributed by atoms with Gasteiger partial charge in [-0.3, -0.25) is 0 Å². The van der Waals surface area contributed by atoms with Gasteiger partial charge in [-0.15, -0.1) is 0 Å². The normalized spacial score (nSPS) is 11.6. The Labute approximate surface area is 419 Å². The average molecular weight is 911 g/mol. The molecule has 72 heavy (non-hydrogen) atoms. The van der Waals surface area contributed by atoms with Gasteiger partial charge in [0, 0.05) is 0 Å². The van der Waals surface area contributed by atoms with Crippen molar-refractivity contribution in [2.75, 3.05) is 0 Å². The molecule has 0 heterocycles. The van der Waals surface area contributed by atoms with Crippen LogP contribution in [0.15, 0.2) is 279 Å². The molecule has 334 valence electrons. The van der Waals surface area contributed by atoms with Crippen molar-refractivity contribution in [1.82, 2.24) is 0 Å². The molecule has 14 rings (SSSR count). The Morgan fingerprint density at radius 3 is 0.750 bits per heavy atom. The van der Waals surface area contributed by atoms with Crippen molar-refractivity contribution in [1.29, 1.82) is 0 Å². The third-order valence-electron chi connectivity index (χ3n) is 15.0. The smallest absolute Gasteiger partial charge is 0.00139 e. The summed E-state index contributed by atoms with van der Waals surface area (Å²) in [4.78, 5) is 0. The molecule has 0 spiro atoms. The van der Waals surface area contributed by atoms with Crippen molar-refractivity contribution in [2.24, 2.45) is 0 Å². The Hall–Kier alpha value is -9.36. The van der Waals surface area contributed by atoms with E-state index in [1.165, 1.54) is 143 Å². The molecule has 0 atom stereocenters. The van der Waals surface area contributed by atoms with Crippen molar-refractivity contribution in [3.63, 3.8) is 0 Å². The second kappa shape index (κ2) is 17.2. The first-order valence-electron chi connectivity index (χ1n) is 25.0. The SMILES string of the molecule is c1ccc(-c2ccc(-c3ccc4ccccc4c3)cc2-c2c3ccccc3c(-c3c4ccccc4c(-c4cc(-c5ccc6ccccc6c5)ccc4-c4ccccc4)c4ccccc34)c3ccccc23)cc1. The largest absolute Gasteiger partial charge is 0.0622 e. The van der Waals surface area contributed by atoms with E-state index in [9.17, 15) is 0 Å². The van der Waals surface area contributed by atoms with E-state index in [1.807, 2.05) is 0 Å². The molecule has 14 aromatic carbocycles. The summed E-state index contributed by atoms with van der Waals surface area (Å²) in [7, 11) is 0. The van der Waals surface area contributed by atoms with E-state index in [0.717, 1.165) is 0 Å². The third-order valence-corrected chi connectivity index (χ3v) is 15.0. The minimum Gasteiger partial charge on any atom is -0.0622 e. The predicted octanol–water partition coefficient (Wildman–Crippen LogP) is 20.3. The average Bonchev–Trinajstić information content (AvgIpc) is 3.46. The summed E-state index contributed by atoms with van der Waals surface area (Å²) in [6.45, 7) is 0. The Morgan fingerprint density at radius 1 is 0.139 bits per heavy atom. The number of benzene rings is 14. The van der Waals surface area contributed by atoms with E-state index in [4.69, 9.17) is 0 Å². The molecule has 0 fully saturated rings. The summed E-state index contributed by atoms with van der Waals surface area (Å²) in [5, 5.41) is 14.8. The Morgan fingerprint density at radius 2 is 0.403 bits per heavy atom. The molecule has 0 bridgehead atoms. The summed E-state index contributed by atoms with van der Waals surface area (Å²) in [6.07, 6.45) is 0. The molecular formula is C72H46. The van der Waals surface area contributed by atoms with Crippen LogP contribution in [0.25, 0.3) is 143 Å². The molecule has 0 heteroatoms. The number of hydrogen-bond acceptors (Lipinski definition) is 0. The Kier molecular flexibility index (Phi) is 9.96. The van der Waals surface area contributed by atoms with Gasteiger partial charge in [0.15, 0.2) is 0 Å². The van der Waals surface area contributed by atoms with Crippen LogP contribution in [0.1, 0.15) is 0 Å². The van der Waals surface area contributed by atoms with E-state index in [1.54, 1.807) is 0 Å².